The Morgan fingerprint density at radius 1 is 1.00 bits per heavy atom. The summed E-state index contributed by atoms with van der Waals surface area (Å²) in [5.41, 5.74) is 4.60. The number of nitrogens with zero attached hydrogens (tertiary/aromatic N) is 3. The zero-order valence-electron chi connectivity index (χ0n) is 13.3. The Labute approximate surface area is 140 Å². The second-order valence-electron chi connectivity index (χ2n) is 6.27. The first-order valence-corrected chi connectivity index (χ1v) is 8.42. The van der Waals surface area contributed by atoms with Crippen LogP contribution in [0.15, 0.2) is 65.8 Å². The van der Waals surface area contributed by atoms with Gasteiger partial charge in [-0.3, -0.25) is 9.98 Å². The third kappa shape index (κ3) is 1.99. The highest BCUT2D eigenvalue weighted by molar-refractivity contribution is 6.06. The number of nitrogens with one attached hydrogen (secondary N) is 1. The lowest BCUT2D eigenvalue weighted by atomic mass is 10.00. The molecule has 1 atom stereocenters. The van der Waals surface area contributed by atoms with Gasteiger partial charge in [0, 0.05) is 41.5 Å². The van der Waals surface area contributed by atoms with Gasteiger partial charge in [0.15, 0.2) is 0 Å². The van der Waals surface area contributed by atoms with Crippen LogP contribution in [-0.2, 0) is 0 Å². The molecule has 2 aliphatic rings. The van der Waals surface area contributed by atoms with Crippen LogP contribution in [0, 0.1) is 0 Å². The van der Waals surface area contributed by atoms with E-state index in [4.69, 9.17) is 4.99 Å². The van der Waals surface area contributed by atoms with Crippen LogP contribution in [0.5, 0.6) is 0 Å². The highest BCUT2D eigenvalue weighted by Gasteiger charge is 2.33. The minimum absolute atomic E-state index is 0.0672. The fraction of sp³-hybridized carbons (Fsp3) is 0.200. The van der Waals surface area contributed by atoms with Gasteiger partial charge in [-0.05, 0) is 24.6 Å². The van der Waals surface area contributed by atoms with Gasteiger partial charge in [-0.25, -0.2) is 0 Å². The van der Waals surface area contributed by atoms with Crippen molar-refractivity contribution in [2.75, 3.05) is 18.4 Å². The van der Waals surface area contributed by atoms with E-state index in [1.807, 2.05) is 12.3 Å². The van der Waals surface area contributed by atoms with Crippen molar-refractivity contribution in [3.8, 4) is 0 Å². The Balaban J connectivity index is 1.71. The number of fused-ring (bicyclic) bond motifs is 4. The Bertz CT molecular complexity index is 942. The first kappa shape index (κ1) is 13.5. The van der Waals surface area contributed by atoms with Crippen LogP contribution in [0.4, 0.5) is 5.69 Å². The molecule has 4 heteroatoms. The lowest BCUT2D eigenvalue weighted by Crippen LogP contribution is -2.46. The number of rotatable bonds is 1. The molecule has 0 radical (unpaired) electrons. The SMILES string of the molecule is c1ccc2c(c1)NC(c1cccc3cccnc13)N1CCCN=C21. The quantitative estimate of drug-likeness (QED) is 0.742. The summed E-state index contributed by atoms with van der Waals surface area (Å²) in [5.74, 6) is 1.11. The second kappa shape index (κ2) is 5.34. The van der Waals surface area contributed by atoms with Gasteiger partial charge in [0.1, 0.15) is 12.0 Å². The number of hydrogen-bond donors (Lipinski definition) is 1. The van der Waals surface area contributed by atoms with Gasteiger partial charge in [-0.1, -0.05) is 36.4 Å². The lowest BCUT2D eigenvalue weighted by molar-refractivity contribution is 0.324. The average molecular weight is 314 g/mol. The minimum Gasteiger partial charge on any atom is -0.361 e. The van der Waals surface area contributed by atoms with E-state index in [1.54, 1.807) is 0 Å². The van der Waals surface area contributed by atoms with Crippen molar-refractivity contribution in [2.45, 2.75) is 12.6 Å². The molecule has 2 aromatic carbocycles. The van der Waals surface area contributed by atoms with Crippen molar-refractivity contribution in [3.05, 3.63) is 71.9 Å². The van der Waals surface area contributed by atoms with Crippen LogP contribution in [0.25, 0.3) is 10.9 Å². The van der Waals surface area contributed by atoms with Crippen molar-refractivity contribution in [1.82, 2.24) is 9.88 Å². The molecule has 0 spiro atoms. The molecule has 1 aromatic heterocycles. The monoisotopic (exact) mass is 314 g/mol. The van der Waals surface area contributed by atoms with Crippen molar-refractivity contribution in [3.63, 3.8) is 0 Å². The molecule has 4 nitrogen and oxygen atoms in total. The number of para-hydroxylation sites is 2. The van der Waals surface area contributed by atoms with Gasteiger partial charge in [-0.2, -0.15) is 0 Å². The Morgan fingerprint density at radius 2 is 1.92 bits per heavy atom. The fourth-order valence-electron chi connectivity index (χ4n) is 3.74. The normalized spacial score (nSPS) is 19.2. The second-order valence-corrected chi connectivity index (χ2v) is 6.27. The largest absolute Gasteiger partial charge is 0.361 e. The minimum atomic E-state index is 0.0672. The first-order chi connectivity index (χ1) is 11.9. The summed E-state index contributed by atoms with van der Waals surface area (Å²) in [4.78, 5) is 11.9. The number of benzene rings is 2. The zero-order valence-corrected chi connectivity index (χ0v) is 13.3. The van der Waals surface area contributed by atoms with Crippen LogP contribution in [0.2, 0.25) is 0 Å². The highest BCUT2D eigenvalue weighted by Crippen LogP contribution is 2.36. The summed E-state index contributed by atoms with van der Waals surface area (Å²) < 4.78 is 0. The molecule has 0 fully saturated rings. The highest BCUT2D eigenvalue weighted by atomic mass is 15.3. The van der Waals surface area contributed by atoms with Crippen molar-refractivity contribution >= 4 is 22.4 Å². The maximum absolute atomic E-state index is 4.83. The molecular formula is C20H18N4. The molecule has 3 heterocycles. The van der Waals surface area contributed by atoms with E-state index in [2.05, 4.69) is 63.7 Å². The summed E-state index contributed by atoms with van der Waals surface area (Å²) in [6, 6.07) is 19.0. The number of aliphatic imine (C=N–C) groups is 1. The number of pyridine rings is 1. The molecule has 0 bridgehead atoms. The summed E-state index contributed by atoms with van der Waals surface area (Å²) in [6.45, 7) is 1.91. The topological polar surface area (TPSA) is 40.5 Å². The smallest absolute Gasteiger partial charge is 0.134 e. The fourth-order valence-corrected chi connectivity index (χ4v) is 3.74. The first-order valence-electron chi connectivity index (χ1n) is 8.42. The van der Waals surface area contributed by atoms with E-state index in [0.29, 0.717) is 0 Å². The molecule has 5 rings (SSSR count). The van der Waals surface area contributed by atoms with Crippen molar-refractivity contribution in [2.24, 2.45) is 4.99 Å². The summed E-state index contributed by atoms with van der Waals surface area (Å²) in [7, 11) is 0. The van der Waals surface area contributed by atoms with Crippen LogP contribution >= 0.6 is 0 Å². The summed E-state index contributed by atoms with van der Waals surface area (Å²) in [6.07, 6.45) is 3.02. The van der Waals surface area contributed by atoms with Gasteiger partial charge in [0.25, 0.3) is 0 Å². The maximum atomic E-state index is 4.83. The summed E-state index contributed by atoms with van der Waals surface area (Å²) >= 11 is 0. The average Bonchev–Trinajstić information content (AvgIpc) is 2.67. The molecule has 1 unspecified atom stereocenters. The van der Waals surface area contributed by atoms with Crippen LogP contribution in [0.1, 0.15) is 23.7 Å². The van der Waals surface area contributed by atoms with Crippen LogP contribution in [0.3, 0.4) is 0 Å². The van der Waals surface area contributed by atoms with E-state index in [1.165, 1.54) is 16.5 Å². The molecule has 0 aliphatic carbocycles. The van der Waals surface area contributed by atoms with Gasteiger partial charge in [-0.15, -0.1) is 0 Å². The Kier molecular flexibility index (Phi) is 3.01. The molecule has 2 aliphatic heterocycles. The van der Waals surface area contributed by atoms with Gasteiger partial charge >= 0.3 is 0 Å². The lowest BCUT2D eigenvalue weighted by Gasteiger charge is -2.42. The molecule has 3 aromatic rings. The molecular weight excluding hydrogens is 296 g/mol. The van der Waals surface area contributed by atoms with Gasteiger partial charge < -0.3 is 10.2 Å². The number of anilines is 1. The molecule has 0 saturated heterocycles. The van der Waals surface area contributed by atoms with Crippen LogP contribution < -0.4 is 5.32 Å². The van der Waals surface area contributed by atoms with Gasteiger partial charge in [0.2, 0.25) is 0 Å². The number of hydrogen-bond acceptors (Lipinski definition) is 4. The molecule has 24 heavy (non-hydrogen) atoms. The van der Waals surface area contributed by atoms with E-state index < -0.39 is 0 Å². The van der Waals surface area contributed by atoms with Crippen LogP contribution in [-0.4, -0.2) is 28.8 Å². The molecule has 0 saturated carbocycles. The van der Waals surface area contributed by atoms with E-state index >= 15 is 0 Å². The number of amidine groups is 1. The maximum Gasteiger partial charge on any atom is 0.134 e. The van der Waals surface area contributed by atoms with E-state index in [-0.39, 0.29) is 6.17 Å². The van der Waals surface area contributed by atoms with Gasteiger partial charge in [0.05, 0.1) is 5.52 Å². The molecule has 118 valence electrons. The van der Waals surface area contributed by atoms with E-state index in [0.717, 1.165) is 36.6 Å². The predicted molar refractivity (Wildman–Crippen MR) is 97.3 cm³/mol. The van der Waals surface area contributed by atoms with Crippen molar-refractivity contribution in [1.29, 1.82) is 0 Å². The Morgan fingerprint density at radius 3 is 2.92 bits per heavy atom. The zero-order chi connectivity index (χ0) is 15.9. The third-order valence-electron chi connectivity index (χ3n) is 4.82. The standard InChI is InChI=1S/C20H18N4/c1-2-10-17-15(8-1)19-22-12-5-13-24(19)20(23-17)16-9-3-6-14-7-4-11-21-18(14)16/h1-4,6-11,20,23H,5,12-13H2. The van der Waals surface area contributed by atoms with Crippen molar-refractivity contribution < 1.29 is 0 Å². The third-order valence-corrected chi connectivity index (χ3v) is 4.82. The van der Waals surface area contributed by atoms with E-state index in [9.17, 15) is 0 Å². The molecule has 0 amide bonds. The Hall–Kier alpha value is -2.88. The number of aromatic nitrogens is 1. The molecule has 1 N–H and O–H groups in total. The summed E-state index contributed by atoms with van der Waals surface area (Å²) in [5, 5.41) is 4.88. The predicted octanol–water partition coefficient (Wildman–Crippen LogP) is 3.81.